The summed E-state index contributed by atoms with van der Waals surface area (Å²) in [5.41, 5.74) is 6.66. The van der Waals surface area contributed by atoms with Crippen LogP contribution >= 0.6 is 0 Å². The minimum absolute atomic E-state index is 0.217. The highest BCUT2D eigenvalue weighted by atomic mass is 16.4. The average Bonchev–Trinajstić information content (AvgIpc) is 2.43. The van der Waals surface area contributed by atoms with Gasteiger partial charge in [0.2, 0.25) is 0 Å². The molecule has 5 nitrogen and oxygen atoms in total. The molecule has 0 saturated heterocycles. The van der Waals surface area contributed by atoms with E-state index in [4.69, 9.17) is 11.0 Å². The molecule has 0 atom stereocenters. The number of unbranched alkanes of at least 4 members (excludes halogenated alkanes) is 1. The van der Waals surface area contributed by atoms with Crippen molar-refractivity contribution >= 4 is 17.3 Å². The minimum Gasteiger partial charge on any atom is -0.478 e. The van der Waals surface area contributed by atoms with Crippen molar-refractivity contribution in [1.82, 2.24) is 0 Å². The van der Waals surface area contributed by atoms with Gasteiger partial charge in [0, 0.05) is 19.3 Å². The molecule has 0 saturated carbocycles. The number of nitrogens with two attached hydrogens (primary N) is 1. The molecule has 0 aliphatic rings. The van der Waals surface area contributed by atoms with Crippen LogP contribution in [0.15, 0.2) is 18.2 Å². The molecule has 0 amide bonds. The van der Waals surface area contributed by atoms with Crippen LogP contribution in [0.4, 0.5) is 11.4 Å². The molecule has 1 aromatic rings. The number of nitrogens with zero attached hydrogens (tertiary/aromatic N) is 2. The van der Waals surface area contributed by atoms with E-state index in [-0.39, 0.29) is 11.0 Å². The summed E-state index contributed by atoms with van der Waals surface area (Å²) in [4.78, 5) is 13.2. The van der Waals surface area contributed by atoms with Gasteiger partial charge in [-0.25, -0.2) is 4.79 Å². The number of nitriles is 1. The summed E-state index contributed by atoms with van der Waals surface area (Å²) in [5, 5.41) is 18.2. The summed E-state index contributed by atoms with van der Waals surface area (Å²) in [6.07, 6.45) is 2.68. The highest BCUT2D eigenvalue weighted by Crippen LogP contribution is 2.24. The van der Waals surface area contributed by atoms with Gasteiger partial charge in [-0.1, -0.05) is 6.42 Å². The van der Waals surface area contributed by atoms with E-state index < -0.39 is 5.97 Å². The summed E-state index contributed by atoms with van der Waals surface area (Å²) in [6.45, 7) is 4.60. The van der Waals surface area contributed by atoms with Crippen LogP contribution in [0.5, 0.6) is 0 Å². The Bertz CT molecular complexity index is 547. The Labute approximate surface area is 126 Å². The van der Waals surface area contributed by atoms with Crippen molar-refractivity contribution < 1.29 is 9.90 Å². The van der Waals surface area contributed by atoms with Gasteiger partial charge in [0.05, 0.1) is 22.7 Å². The van der Waals surface area contributed by atoms with E-state index in [2.05, 4.69) is 6.07 Å². The number of carboxylic acids is 1. The van der Waals surface area contributed by atoms with Crippen LogP contribution in [-0.2, 0) is 0 Å². The number of hydrogen-bond donors (Lipinski definition) is 2. The molecule has 21 heavy (non-hydrogen) atoms. The lowest BCUT2D eigenvalue weighted by atomic mass is 9.89. The Hall–Kier alpha value is -2.22. The van der Waals surface area contributed by atoms with Crippen molar-refractivity contribution in [3.05, 3.63) is 23.8 Å². The van der Waals surface area contributed by atoms with Crippen molar-refractivity contribution in [2.75, 3.05) is 24.2 Å². The molecule has 0 heterocycles. The molecule has 3 N–H and O–H groups in total. The highest BCUT2D eigenvalue weighted by molar-refractivity contribution is 5.95. The molecular weight excluding hydrogens is 266 g/mol. The van der Waals surface area contributed by atoms with Crippen molar-refractivity contribution in [3.8, 4) is 6.07 Å². The number of nitrogen functional groups attached to an aromatic ring is 1. The highest BCUT2D eigenvalue weighted by Gasteiger charge is 2.17. The first kappa shape index (κ1) is 16.8. The third-order valence-corrected chi connectivity index (χ3v) is 3.51. The standard InChI is InChI=1S/C16H23N3O2/c1-16(2,11-17)8-4-5-9-19(3)14-7-6-12(18)10-13(14)15(20)21/h6-7,10H,4-5,8-9,18H2,1-3H3,(H,20,21). The van der Waals surface area contributed by atoms with Gasteiger partial charge < -0.3 is 15.7 Å². The van der Waals surface area contributed by atoms with Crippen LogP contribution in [0.25, 0.3) is 0 Å². The minimum atomic E-state index is -0.977. The van der Waals surface area contributed by atoms with Crippen LogP contribution in [0.2, 0.25) is 0 Å². The first-order valence-electron chi connectivity index (χ1n) is 7.02. The lowest BCUT2D eigenvalue weighted by Crippen LogP contribution is -2.21. The maximum absolute atomic E-state index is 11.3. The van der Waals surface area contributed by atoms with Crippen molar-refractivity contribution in [2.45, 2.75) is 33.1 Å². The predicted octanol–water partition coefficient (Wildman–Crippen LogP) is 3.12. The number of hydrogen-bond acceptors (Lipinski definition) is 4. The molecule has 1 aromatic carbocycles. The first-order chi connectivity index (χ1) is 9.76. The van der Waals surface area contributed by atoms with E-state index in [1.807, 2.05) is 25.8 Å². The normalized spacial score (nSPS) is 11.0. The molecule has 114 valence electrons. The third kappa shape index (κ3) is 4.99. The van der Waals surface area contributed by atoms with Gasteiger partial charge in [0.25, 0.3) is 0 Å². The van der Waals surface area contributed by atoms with Crippen molar-refractivity contribution in [2.24, 2.45) is 5.41 Å². The Morgan fingerprint density at radius 1 is 1.43 bits per heavy atom. The Morgan fingerprint density at radius 2 is 2.10 bits per heavy atom. The van der Waals surface area contributed by atoms with E-state index in [1.165, 1.54) is 6.07 Å². The lowest BCUT2D eigenvalue weighted by molar-refractivity contribution is 0.0697. The number of benzene rings is 1. The average molecular weight is 289 g/mol. The van der Waals surface area contributed by atoms with Crippen LogP contribution in [0.3, 0.4) is 0 Å². The van der Waals surface area contributed by atoms with Crippen LogP contribution in [0.1, 0.15) is 43.5 Å². The van der Waals surface area contributed by atoms with Gasteiger partial charge in [-0.2, -0.15) is 5.26 Å². The smallest absolute Gasteiger partial charge is 0.337 e. The van der Waals surface area contributed by atoms with E-state index in [1.54, 1.807) is 12.1 Å². The second kappa shape index (κ2) is 6.98. The molecule has 0 bridgehead atoms. The number of rotatable bonds is 7. The van der Waals surface area contributed by atoms with Crippen molar-refractivity contribution in [1.29, 1.82) is 5.26 Å². The molecule has 0 aliphatic carbocycles. The molecule has 0 radical (unpaired) electrons. The number of carboxylic acid groups (broad SMARTS) is 1. The SMILES string of the molecule is CN(CCCCC(C)(C)C#N)c1ccc(N)cc1C(=O)O. The largest absolute Gasteiger partial charge is 0.478 e. The van der Waals surface area contributed by atoms with E-state index in [0.29, 0.717) is 11.4 Å². The molecule has 0 aliphatic heterocycles. The Kier molecular flexibility index (Phi) is 5.60. The number of carbonyl (C=O) groups is 1. The summed E-state index contributed by atoms with van der Waals surface area (Å²) in [5.74, 6) is -0.977. The van der Waals surface area contributed by atoms with E-state index in [0.717, 1.165) is 25.8 Å². The first-order valence-corrected chi connectivity index (χ1v) is 7.02. The van der Waals surface area contributed by atoms with Gasteiger partial charge in [-0.15, -0.1) is 0 Å². The maximum Gasteiger partial charge on any atom is 0.337 e. The van der Waals surface area contributed by atoms with Crippen LogP contribution in [0, 0.1) is 16.7 Å². The monoisotopic (exact) mass is 289 g/mol. The summed E-state index contributed by atoms with van der Waals surface area (Å²) in [6, 6.07) is 7.20. The zero-order valence-corrected chi connectivity index (χ0v) is 12.9. The molecule has 0 fully saturated rings. The lowest BCUT2D eigenvalue weighted by Gasteiger charge is -2.22. The fraction of sp³-hybridized carbons (Fsp3) is 0.500. The topological polar surface area (TPSA) is 90.4 Å². The quantitative estimate of drug-likeness (QED) is 0.594. The molecule has 0 spiro atoms. The number of aromatic carboxylic acids is 1. The summed E-state index contributed by atoms with van der Waals surface area (Å²) in [7, 11) is 1.87. The zero-order valence-electron chi connectivity index (χ0n) is 12.9. The summed E-state index contributed by atoms with van der Waals surface area (Å²) < 4.78 is 0. The predicted molar refractivity (Wildman–Crippen MR) is 84.3 cm³/mol. The second-order valence-corrected chi connectivity index (χ2v) is 5.96. The van der Waals surface area contributed by atoms with Gasteiger partial charge >= 0.3 is 5.97 Å². The second-order valence-electron chi connectivity index (χ2n) is 5.96. The molecule has 5 heteroatoms. The van der Waals surface area contributed by atoms with E-state index >= 15 is 0 Å². The molecule has 0 aromatic heterocycles. The fourth-order valence-electron chi connectivity index (χ4n) is 2.15. The maximum atomic E-state index is 11.3. The molecule has 0 unspecified atom stereocenters. The van der Waals surface area contributed by atoms with Crippen LogP contribution < -0.4 is 10.6 Å². The fourth-order valence-corrected chi connectivity index (χ4v) is 2.15. The molecule has 1 rings (SSSR count). The van der Waals surface area contributed by atoms with E-state index in [9.17, 15) is 9.90 Å². The summed E-state index contributed by atoms with van der Waals surface area (Å²) >= 11 is 0. The third-order valence-electron chi connectivity index (χ3n) is 3.51. The van der Waals surface area contributed by atoms with Gasteiger partial charge in [0.1, 0.15) is 0 Å². The van der Waals surface area contributed by atoms with Crippen LogP contribution in [-0.4, -0.2) is 24.7 Å². The molecular formula is C16H23N3O2. The van der Waals surface area contributed by atoms with Crippen molar-refractivity contribution in [3.63, 3.8) is 0 Å². The van der Waals surface area contributed by atoms with Gasteiger partial charge in [-0.3, -0.25) is 0 Å². The zero-order chi connectivity index (χ0) is 16.0. The Balaban J connectivity index is 2.63. The Morgan fingerprint density at radius 3 is 2.67 bits per heavy atom. The van der Waals surface area contributed by atoms with Gasteiger partial charge in [0.15, 0.2) is 0 Å². The van der Waals surface area contributed by atoms with Gasteiger partial charge in [-0.05, 0) is 44.9 Å². The number of anilines is 2.